The molecule has 0 aliphatic heterocycles. The molecule has 1 amide bonds. The van der Waals surface area contributed by atoms with Crippen LogP contribution in [0.2, 0.25) is 0 Å². The molecule has 2 aliphatic rings. The Balaban J connectivity index is 1.42. The van der Waals surface area contributed by atoms with E-state index in [9.17, 15) is 18.0 Å². The molecule has 1 spiro atoms. The summed E-state index contributed by atoms with van der Waals surface area (Å²) in [5, 5.41) is 7.97. The predicted octanol–water partition coefficient (Wildman–Crippen LogP) is 5.00. The first-order valence-electron chi connectivity index (χ1n) is 10.5. The molecule has 3 aromatic rings. The minimum absolute atomic E-state index is 0.252. The number of alkyl halides is 3. The molecule has 168 valence electrons. The van der Waals surface area contributed by atoms with Crippen molar-refractivity contribution >= 4 is 22.5 Å². The Morgan fingerprint density at radius 1 is 1.22 bits per heavy atom. The van der Waals surface area contributed by atoms with E-state index >= 15 is 0 Å². The van der Waals surface area contributed by atoms with Crippen molar-refractivity contribution in [2.24, 2.45) is 5.41 Å². The van der Waals surface area contributed by atoms with E-state index in [1.807, 2.05) is 10.9 Å². The molecular weight excluding hydrogens is 423 g/mol. The number of nitrogens with zero attached hydrogens (tertiary/aromatic N) is 4. The van der Waals surface area contributed by atoms with Crippen LogP contribution in [0.4, 0.5) is 18.9 Å². The van der Waals surface area contributed by atoms with Gasteiger partial charge < -0.3 is 10.1 Å². The Bertz CT molecular complexity index is 1180. The van der Waals surface area contributed by atoms with Gasteiger partial charge >= 0.3 is 6.18 Å². The Morgan fingerprint density at radius 3 is 2.62 bits per heavy atom. The van der Waals surface area contributed by atoms with Gasteiger partial charge in [-0.3, -0.25) is 9.48 Å². The maximum atomic E-state index is 13.2. The number of halogens is 3. The standard InChI is InChI=1S/C22H22F3N5O2/c1-32-18-9-16-13(11-30(29-16)14-2-4-21(5-3-14)6-7-21)8-17(18)28-20(31)15-10-26-12-27-19(15)22(23,24)25/h8-12,14H,2-7H2,1H3,(H,28,31). The number of hydrogen-bond donors (Lipinski definition) is 1. The van der Waals surface area contributed by atoms with Crippen molar-refractivity contribution in [3.05, 3.63) is 42.1 Å². The highest BCUT2D eigenvalue weighted by molar-refractivity contribution is 6.06. The Labute approximate surface area is 182 Å². The molecule has 0 radical (unpaired) electrons. The molecule has 0 saturated heterocycles. The summed E-state index contributed by atoms with van der Waals surface area (Å²) in [6.07, 6.45) is 6.05. The fourth-order valence-corrected chi connectivity index (χ4v) is 4.59. The molecule has 1 N–H and O–H groups in total. The largest absolute Gasteiger partial charge is 0.494 e. The summed E-state index contributed by atoms with van der Waals surface area (Å²) < 4.78 is 47.0. The number of methoxy groups -OCH3 is 1. The van der Waals surface area contributed by atoms with E-state index < -0.39 is 23.3 Å². The number of benzene rings is 1. The summed E-state index contributed by atoms with van der Waals surface area (Å²) in [5.41, 5.74) is -0.412. The van der Waals surface area contributed by atoms with Crippen LogP contribution in [0.5, 0.6) is 5.75 Å². The van der Waals surface area contributed by atoms with Crippen molar-refractivity contribution in [3.63, 3.8) is 0 Å². The van der Waals surface area contributed by atoms with Gasteiger partial charge in [-0.1, -0.05) is 0 Å². The summed E-state index contributed by atoms with van der Waals surface area (Å²) in [7, 11) is 1.43. The second-order valence-electron chi connectivity index (χ2n) is 8.69. The highest BCUT2D eigenvalue weighted by Crippen LogP contribution is 2.57. The van der Waals surface area contributed by atoms with E-state index in [0.717, 1.165) is 30.8 Å². The van der Waals surface area contributed by atoms with E-state index in [1.165, 1.54) is 32.8 Å². The number of fused-ring (bicyclic) bond motifs is 1. The number of hydrogen-bond acceptors (Lipinski definition) is 5. The zero-order valence-electron chi connectivity index (χ0n) is 17.4. The molecular formula is C22H22F3N5O2. The van der Waals surface area contributed by atoms with Gasteiger partial charge in [0.1, 0.15) is 12.1 Å². The number of nitrogens with one attached hydrogen (secondary N) is 1. The average Bonchev–Trinajstić information content (AvgIpc) is 3.39. The summed E-state index contributed by atoms with van der Waals surface area (Å²) >= 11 is 0. The van der Waals surface area contributed by atoms with Crippen molar-refractivity contribution in [3.8, 4) is 5.75 Å². The Kier molecular flexibility index (Phi) is 4.83. The van der Waals surface area contributed by atoms with Gasteiger partial charge in [0.25, 0.3) is 5.91 Å². The van der Waals surface area contributed by atoms with Crippen LogP contribution in [0, 0.1) is 5.41 Å². The first kappa shape index (κ1) is 20.7. The zero-order valence-corrected chi connectivity index (χ0v) is 17.4. The fraction of sp³-hybridized carbons (Fsp3) is 0.455. The number of rotatable bonds is 4. The molecule has 2 saturated carbocycles. The van der Waals surface area contributed by atoms with E-state index in [0.29, 0.717) is 22.7 Å². The number of carbonyl (C=O) groups is 1. The van der Waals surface area contributed by atoms with Gasteiger partial charge in [0.05, 0.1) is 29.9 Å². The van der Waals surface area contributed by atoms with Gasteiger partial charge in [-0.05, 0) is 50.0 Å². The molecule has 1 aromatic carbocycles. The van der Waals surface area contributed by atoms with E-state index in [-0.39, 0.29) is 5.69 Å². The molecule has 2 aromatic heterocycles. The molecule has 10 heteroatoms. The lowest BCUT2D eigenvalue weighted by atomic mass is 9.83. The van der Waals surface area contributed by atoms with Crippen LogP contribution >= 0.6 is 0 Å². The fourth-order valence-electron chi connectivity index (χ4n) is 4.59. The minimum Gasteiger partial charge on any atom is -0.494 e. The third-order valence-corrected chi connectivity index (χ3v) is 6.66. The lowest BCUT2D eigenvalue weighted by Crippen LogP contribution is -2.20. The molecule has 0 bridgehead atoms. The van der Waals surface area contributed by atoms with Gasteiger partial charge in [0, 0.05) is 23.8 Å². The maximum Gasteiger partial charge on any atom is 0.434 e. The Morgan fingerprint density at radius 2 is 1.97 bits per heavy atom. The lowest BCUT2D eigenvalue weighted by molar-refractivity contribution is -0.141. The van der Waals surface area contributed by atoms with Crippen LogP contribution in [0.3, 0.4) is 0 Å². The molecule has 2 heterocycles. The van der Waals surface area contributed by atoms with Crippen molar-refractivity contribution in [1.29, 1.82) is 0 Å². The molecule has 7 nitrogen and oxygen atoms in total. The van der Waals surface area contributed by atoms with Crippen molar-refractivity contribution in [2.45, 2.75) is 50.7 Å². The summed E-state index contributed by atoms with van der Waals surface area (Å²) in [4.78, 5) is 19.4. The van der Waals surface area contributed by atoms with E-state index in [1.54, 1.807) is 12.1 Å². The smallest absolute Gasteiger partial charge is 0.434 e. The summed E-state index contributed by atoms with van der Waals surface area (Å²) in [6.45, 7) is 0. The zero-order chi connectivity index (χ0) is 22.5. The van der Waals surface area contributed by atoms with Crippen LogP contribution in [-0.2, 0) is 6.18 Å². The number of carbonyl (C=O) groups excluding carboxylic acids is 1. The number of aromatic nitrogens is 4. The minimum atomic E-state index is -4.77. The molecule has 2 fully saturated rings. The molecule has 2 aliphatic carbocycles. The third kappa shape index (κ3) is 3.78. The van der Waals surface area contributed by atoms with Crippen molar-refractivity contribution in [2.75, 3.05) is 12.4 Å². The van der Waals surface area contributed by atoms with Crippen LogP contribution in [-0.4, -0.2) is 32.8 Å². The van der Waals surface area contributed by atoms with Gasteiger partial charge in [-0.15, -0.1) is 0 Å². The van der Waals surface area contributed by atoms with Gasteiger partial charge in [0.15, 0.2) is 5.69 Å². The molecule has 0 unspecified atom stereocenters. The first-order valence-corrected chi connectivity index (χ1v) is 10.5. The van der Waals surface area contributed by atoms with E-state index in [4.69, 9.17) is 9.84 Å². The summed E-state index contributed by atoms with van der Waals surface area (Å²) in [6, 6.07) is 3.67. The average molecular weight is 445 g/mol. The van der Waals surface area contributed by atoms with Crippen molar-refractivity contribution < 1.29 is 22.7 Å². The topological polar surface area (TPSA) is 81.9 Å². The highest BCUT2D eigenvalue weighted by atomic mass is 19.4. The molecule has 5 rings (SSSR count). The van der Waals surface area contributed by atoms with E-state index in [2.05, 4.69) is 15.3 Å². The second-order valence-corrected chi connectivity index (χ2v) is 8.69. The summed E-state index contributed by atoms with van der Waals surface area (Å²) in [5.74, 6) is -0.660. The van der Waals surface area contributed by atoms with Gasteiger partial charge in [-0.25, -0.2) is 9.97 Å². The SMILES string of the molecule is COc1cc2nn(C3CCC4(CC3)CC4)cc2cc1NC(=O)c1cncnc1C(F)(F)F. The monoisotopic (exact) mass is 445 g/mol. The number of ether oxygens (including phenoxy) is 1. The Hall–Kier alpha value is -3.17. The van der Waals surface area contributed by atoms with Gasteiger partial charge in [0.2, 0.25) is 0 Å². The normalized spacial score (nSPS) is 18.1. The van der Waals surface area contributed by atoms with Crippen LogP contribution < -0.4 is 10.1 Å². The highest BCUT2D eigenvalue weighted by Gasteiger charge is 2.45. The number of anilines is 1. The maximum absolute atomic E-state index is 13.2. The van der Waals surface area contributed by atoms with Crippen LogP contribution in [0.1, 0.15) is 60.6 Å². The first-order chi connectivity index (χ1) is 15.3. The molecule has 0 atom stereocenters. The quantitative estimate of drug-likeness (QED) is 0.611. The second kappa shape index (κ2) is 7.46. The predicted molar refractivity (Wildman–Crippen MR) is 110 cm³/mol. The number of amides is 1. The lowest BCUT2D eigenvalue weighted by Gasteiger charge is -2.28. The van der Waals surface area contributed by atoms with Crippen LogP contribution in [0.25, 0.3) is 10.9 Å². The van der Waals surface area contributed by atoms with Crippen LogP contribution in [0.15, 0.2) is 30.9 Å². The molecule has 32 heavy (non-hydrogen) atoms. The third-order valence-electron chi connectivity index (χ3n) is 6.66. The van der Waals surface area contributed by atoms with Crippen molar-refractivity contribution in [1.82, 2.24) is 19.7 Å². The van der Waals surface area contributed by atoms with Gasteiger partial charge in [-0.2, -0.15) is 18.3 Å².